The molecule has 1 unspecified atom stereocenters. The number of amides is 1. The number of carbonyl (C=O) groups excluding carboxylic acids is 1. The number of nitrogens with zero attached hydrogens (tertiary/aromatic N) is 2. The molecule has 18 heavy (non-hydrogen) atoms. The minimum absolute atomic E-state index is 0.102. The van der Waals surface area contributed by atoms with E-state index in [9.17, 15) is 9.90 Å². The number of anilines is 1. The van der Waals surface area contributed by atoms with E-state index >= 15 is 0 Å². The summed E-state index contributed by atoms with van der Waals surface area (Å²) in [4.78, 5) is 19.4. The van der Waals surface area contributed by atoms with E-state index in [2.05, 4.69) is 15.3 Å². The maximum atomic E-state index is 11.8. The van der Waals surface area contributed by atoms with Gasteiger partial charge in [-0.2, -0.15) is 0 Å². The van der Waals surface area contributed by atoms with E-state index in [1.165, 1.54) is 12.4 Å². The maximum absolute atomic E-state index is 11.8. The Morgan fingerprint density at radius 1 is 1.44 bits per heavy atom. The van der Waals surface area contributed by atoms with E-state index in [-0.39, 0.29) is 18.1 Å². The molecule has 0 saturated heterocycles. The maximum Gasteiger partial charge on any atom is 0.273 e. The van der Waals surface area contributed by atoms with Crippen LogP contribution in [0.15, 0.2) is 12.4 Å². The Morgan fingerprint density at radius 2 is 2.11 bits per heavy atom. The third-order valence-electron chi connectivity index (χ3n) is 3.36. The molecule has 1 aromatic heterocycles. The highest BCUT2D eigenvalue weighted by atomic mass is 16.3. The van der Waals surface area contributed by atoms with Gasteiger partial charge in [0.2, 0.25) is 0 Å². The number of aliphatic hydroxyl groups excluding tert-OH is 1. The molecule has 6 nitrogen and oxygen atoms in total. The molecular formula is C12H18N4O2. The Bertz CT molecular complexity index is 418. The van der Waals surface area contributed by atoms with Crippen LogP contribution in [-0.4, -0.2) is 33.6 Å². The molecule has 0 aliphatic heterocycles. The van der Waals surface area contributed by atoms with Crippen molar-refractivity contribution in [1.29, 1.82) is 0 Å². The van der Waals surface area contributed by atoms with Crippen molar-refractivity contribution in [1.82, 2.24) is 15.3 Å². The topological polar surface area (TPSA) is 101 Å². The molecule has 1 fully saturated rings. The second-order valence-electron chi connectivity index (χ2n) is 4.61. The van der Waals surface area contributed by atoms with Crippen molar-refractivity contribution in [3.05, 3.63) is 18.1 Å². The molecule has 4 N–H and O–H groups in total. The molecule has 0 radical (unpaired) electrons. The molecule has 1 atom stereocenters. The van der Waals surface area contributed by atoms with Crippen molar-refractivity contribution in [3.63, 3.8) is 0 Å². The smallest absolute Gasteiger partial charge is 0.273 e. The summed E-state index contributed by atoms with van der Waals surface area (Å²) in [5.74, 6) is 0.00695. The van der Waals surface area contributed by atoms with E-state index in [0.717, 1.165) is 25.7 Å². The second kappa shape index (κ2) is 5.77. The van der Waals surface area contributed by atoms with Gasteiger partial charge in [0.1, 0.15) is 0 Å². The number of nitrogens with two attached hydrogens (primary N) is 1. The minimum atomic E-state index is -0.491. The number of nitrogen functional groups attached to an aromatic ring is 1. The summed E-state index contributed by atoms with van der Waals surface area (Å²) in [7, 11) is 0. The average molecular weight is 250 g/mol. The molecule has 0 bridgehead atoms. The Hall–Kier alpha value is -1.69. The third-order valence-corrected chi connectivity index (χ3v) is 3.36. The van der Waals surface area contributed by atoms with Crippen LogP contribution in [-0.2, 0) is 0 Å². The van der Waals surface area contributed by atoms with Crippen LogP contribution in [0.3, 0.4) is 0 Å². The molecule has 1 amide bonds. The number of aliphatic hydroxyl groups is 1. The normalized spacial score (nSPS) is 17.6. The van der Waals surface area contributed by atoms with Crippen LogP contribution in [0.25, 0.3) is 0 Å². The summed E-state index contributed by atoms with van der Waals surface area (Å²) >= 11 is 0. The molecule has 6 heteroatoms. The Labute approximate surface area is 106 Å². The van der Waals surface area contributed by atoms with Crippen molar-refractivity contribution >= 4 is 11.7 Å². The zero-order valence-electron chi connectivity index (χ0n) is 10.2. The highest BCUT2D eigenvalue weighted by Crippen LogP contribution is 2.27. The highest BCUT2D eigenvalue weighted by Gasteiger charge is 2.24. The van der Waals surface area contributed by atoms with Crippen LogP contribution in [0.4, 0.5) is 5.82 Å². The van der Waals surface area contributed by atoms with Crippen molar-refractivity contribution < 1.29 is 9.90 Å². The SMILES string of the molecule is Nc1nccnc1C(=O)NCC(O)C1CCCC1. The lowest BCUT2D eigenvalue weighted by Crippen LogP contribution is -2.36. The molecule has 1 aliphatic carbocycles. The van der Waals surface area contributed by atoms with Crippen LogP contribution in [0.1, 0.15) is 36.2 Å². The van der Waals surface area contributed by atoms with Crippen LogP contribution in [0, 0.1) is 5.92 Å². The second-order valence-corrected chi connectivity index (χ2v) is 4.61. The molecule has 1 aromatic rings. The fourth-order valence-electron chi connectivity index (χ4n) is 2.31. The van der Waals surface area contributed by atoms with E-state index in [1.54, 1.807) is 0 Å². The minimum Gasteiger partial charge on any atom is -0.391 e. The standard InChI is InChI=1S/C12H18N4O2/c13-11-10(14-5-6-15-11)12(18)16-7-9(17)8-3-1-2-4-8/h5-6,8-9,17H,1-4,7H2,(H2,13,15)(H,16,18). The van der Waals surface area contributed by atoms with Crippen LogP contribution < -0.4 is 11.1 Å². The molecule has 2 rings (SSSR count). The van der Waals surface area contributed by atoms with Gasteiger partial charge in [0, 0.05) is 18.9 Å². The van der Waals surface area contributed by atoms with Gasteiger partial charge in [0.25, 0.3) is 5.91 Å². The molecule has 1 heterocycles. The van der Waals surface area contributed by atoms with E-state index in [0.29, 0.717) is 5.92 Å². The summed E-state index contributed by atoms with van der Waals surface area (Å²) in [6, 6.07) is 0. The van der Waals surface area contributed by atoms with E-state index in [1.807, 2.05) is 0 Å². The predicted molar refractivity (Wildman–Crippen MR) is 66.7 cm³/mol. The van der Waals surface area contributed by atoms with E-state index in [4.69, 9.17) is 5.73 Å². The van der Waals surface area contributed by atoms with Crippen molar-refractivity contribution in [3.8, 4) is 0 Å². The molecule has 98 valence electrons. The number of aromatic nitrogens is 2. The van der Waals surface area contributed by atoms with Crippen LogP contribution in [0.5, 0.6) is 0 Å². The Morgan fingerprint density at radius 3 is 2.78 bits per heavy atom. The van der Waals surface area contributed by atoms with Gasteiger partial charge < -0.3 is 16.2 Å². The molecule has 1 aliphatic rings. The summed E-state index contributed by atoms with van der Waals surface area (Å²) in [6.45, 7) is 0.236. The van der Waals surface area contributed by atoms with Crippen molar-refractivity contribution in [2.24, 2.45) is 5.92 Å². The fraction of sp³-hybridized carbons (Fsp3) is 0.583. The highest BCUT2D eigenvalue weighted by molar-refractivity contribution is 5.96. The summed E-state index contributed by atoms with van der Waals surface area (Å²) in [5.41, 5.74) is 5.66. The van der Waals surface area contributed by atoms with Gasteiger partial charge in [-0.05, 0) is 18.8 Å². The van der Waals surface area contributed by atoms with Gasteiger partial charge in [-0.3, -0.25) is 4.79 Å². The number of hydrogen-bond acceptors (Lipinski definition) is 5. The van der Waals surface area contributed by atoms with Gasteiger partial charge in [0.05, 0.1) is 6.10 Å². The van der Waals surface area contributed by atoms with Crippen LogP contribution >= 0.6 is 0 Å². The first-order valence-electron chi connectivity index (χ1n) is 6.21. The van der Waals surface area contributed by atoms with Gasteiger partial charge in [-0.25, -0.2) is 9.97 Å². The van der Waals surface area contributed by atoms with Crippen molar-refractivity contribution in [2.45, 2.75) is 31.8 Å². The summed E-state index contributed by atoms with van der Waals surface area (Å²) in [5, 5.41) is 12.6. The first kappa shape index (κ1) is 12.8. The zero-order chi connectivity index (χ0) is 13.0. The van der Waals surface area contributed by atoms with Gasteiger partial charge in [-0.15, -0.1) is 0 Å². The van der Waals surface area contributed by atoms with Crippen molar-refractivity contribution in [2.75, 3.05) is 12.3 Å². The molecule has 1 saturated carbocycles. The monoisotopic (exact) mass is 250 g/mol. The lowest BCUT2D eigenvalue weighted by atomic mass is 10.0. The summed E-state index contributed by atoms with van der Waals surface area (Å²) in [6.07, 6.45) is 6.74. The molecule has 0 spiro atoms. The number of carbonyl (C=O) groups is 1. The largest absolute Gasteiger partial charge is 0.391 e. The van der Waals surface area contributed by atoms with Gasteiger partial charge in [-0.1, -0.05) is 12.8 Å². The average Bonchev–Trinajstić information content (AvgIpc) is 2.90. The van der Waals surface area contributed by atoms with E-state index < -0.39 is 12.0 Å². The third kappa shape index (κ3) is 2.95. The Balaban J connectivity index is 1.86. The van der Waals surface area contributed by atoms with Crippen LogP contribution in [0.2, 0.25) is 0 Å². The van der Waals surface area contributed by atoms with Gasteiger partial charge >= 0.3 is 0 Å². The lowest BCUT2D eigenvalue weighted by molar-refractivity contribution is 0.0837. The number of rotatable bonds is 4. The summed E-state index contributed by atoms with van der Waals surface area (Å²) < 4.78 is 0. The fourth-order valence-corrected chi connectivity index (χ4v) is 2.31. The van der Waals surface area contributed by atoms with Gasteiger partial charge in [0.15, 0.2) is 11.5 Å². The zero-order valence-corrected chi connectivity index (χ0v) is 10.2. The quantitative estimate of drug-likeness (QED) is 0.715. The number of nitrogens with one attached hydrogen (secondary N) is 1. The first-order valence-corrected chi connectivity index (χ1v) is 6.21. The Kier molecular flexibility index (Phi) is 4.09. The lowest BCUT2D eigenvalue weighted by Gasteiger charge is -2.17. The molecular weight excluding hydrogens is 232 g/mol. The number of hydrogen-bond donors (Lipinski definition) is 3. The predicted octanol–water partition coefficient (Wildman–Crippen LogP) is 0.340. The first-order chi connectivity index (χ1) is 8.68. The molecule has 0 aromatic carbocycles.